The summed E-state index contributed by atoms with van der Waals surface area (Å²) < 4.78 is 10.2. The van der Waals surface area contributed by atoms with E-state index in [1.54, 1.807) is 18.3 Å². The van der Waals surface area contributed by atoms with Gasteiger partial charge in [0.05, 0.1) is 13.2 Å². The van der Waals surface area contributed by atoms with Gasteiger partial charge in [0, 0.05) is 32.4 Å². The Morgan fingerprint density at radius 2 is 2.18 bits per heavy atom. The van der Waals surface area contributed by atoms with Crippen LogP contribution in [0.25, 0.3) is 11.5 Å². The Morgan fingerprint density at radius 3 is 2.95 bits per heavy atom. The zero-order valence-corrected chi connectivity index (χ0v) is 12.1. The predicted octanol–water partition coefficient (Wildman–Crippen LogP) is 0.194. The zero-order chi connectivity index (χ0) is 15.2. The maximum Gasteiger partial charge on any atom is 0.316 e. The lowest BCUT2D eigenvalue weighted by molar-refractivity contribution is 0.0382. The quantitative estimate of drug-likeness (QED) is 0.843. The molecule has 3 rings (SSSR count). The molecule has 1 amide bonds. The van der Waals surface area contributed by atoms with Gasteiger partial charge in [-0.1, -0.05) is 11.2 Å². The van der Waals surface area contributed by atoms with Gasteiger partial charge in [0.25, 0.3) is 0 Å². The van der Waals surface area contributed by atoms with Gasteiger partial charge in [0.15, 0.2) is 0 Å². The molecule has 0 spiro atoms. The van der Waals surface area contributed by atoms with Crippen LogP contribution in [0.5, 0.6) is 0 Å². The molecule has 3 heterocycles. The molecule has 2 aromatic heterocycles. The Hall–Kier alpha value is -2.32. The number of morpholine rings is 1. The Balaban J connectivity index is 1.51. The van der Waals surface area contributed by atoms with Crippen molar-refractivity contribution in [3.8, 4) is 11.5 Å². The van der Waals surface area contributed by atoms with Crippen LogP contribution in [0, 0.1) is 0 Å². The minimum absolute atomic E-state index is 0.0531. The Kier molecular flexibility index (Phi) is 4.71. The summed E-state index contributed by atoms with van der Waals surface area (Å²) in [6.07, 6.45) is 1.63. The Morgan fingerprint density at radius 1 is 1.32 bits per heavy atom. The van der Waals surface area contributed by atoms with Crippen LogP contribution >= 0.6 is 0 Å². The molecule has 0 aromatic carbocycles. The molecule has 1 fully saturated rings. The highest BCUT2D eigenvalue weighted by atomic mass is 16.5. The number of hydrogen-bond acceptors (Lipinski definition) is 7. The van der Waals surface area contributed by atoms with Crippen molar-refractivity contribution in [2.24, 2.45) is 0 Å². The standard InChI is InChI=1S/C14H17N5O3/c20-13(16-5-6-19-7-9-21-10-8-19)14-17-12(18-22-14)11-3-1-2-4-15-11/h1-4H,5-10H2,(H,16,20). The SMILES string of the molecule is O=C(NCCN1CCOCC1)c1nc(-c2ccccn2)no1. The van der Waals surface area contributed by atoms with E-state index < -0.39 is 0 Å². The van der Waals surface area contributed by atoms with Gasteiger partial charge in [0.1, 0.15) is 5.69 Å². The second-order valence-corrected chi connectivity index (χ2v) is 4.85. The normalized spacial score (nSPS) is 15.6. The number of carbonyl (C=O) groups excluding carboxylic acids is 1. The van der Waals surface area contributed by atoms with Crippen LogP contribution in [0.2, 0.25) is 0 Å². The molecule has 2 aromatic rings. The molecule has 1 aliphatic heterocycles. The minimum Gasteiger partial charge on any atom is -0.379 e. The first-order chi connectivity index (χ1) is 10.8. The average molecular weight is 303 g/mol. The first-order valence-corrected chi connectivity index (χ1v) is 7.16. The topological polar surface area (TPSA) is 93.4 Å². The number of nitrogens with one attached hydrogen (secondary N) is 1. The second-order valence-electron chi connectivity index (χ2n) is 4.85. The minimum atomic E-state index is -0.372. The summed E-state index contributed by atoms with van der Waals surface area (Å²) in [5.41, 5.74) is 0.568. The van der Waals surface area contributed by atoms with Crippen LogP contribution in [0.1, 0.15) is 10.7 Å². The first kappa shape index (κ1) is 14.6. The number of nitrogens with zero attached hydrogens (tertiary/aromatic N) is 4. The van der Waals surface area contributed by atoms with Gasteiger partial charge in [-0.15, -0.1) is 0 Å². The van der Waals surface area contributed by atoms with E-state index in [4.69, 9.17) is 9.26 Å². The molecule has 0 saturated carbocycles. The van der Waals surface area contributed by atoms with Crippen LogP contribution in [-0.4, -0.2) is 65.3 Å². The molecule has 1 N–H and O–H groups in total. The van der Waals surface area contributed by atoms with Crippen LogP contribution in [-0.2, 0) is 4.74 Å². The Labute approximate surface area is 127 Å². The monoisotopic (exact) mass is 303 g/mol. The van der Waals surface area contributed by atoms with Crippen molar-refractivity contribution < 1.29 is 14.1 Å². The van der Waals surface area contributed by atoms with Gasteiger partial charge in [-0.05, 0) is 12.1 Å². The van der Waals surface area contributed by atoms with Crippen molar-refractivity contribution >= 4 is 5.91 Å². The molecule has 22 heavy (non-hydrogen) atoms. The van der Waals surface area contributed by atoms with Gasteiger partial charge in [-0.2, -0.15) is 4.98 Å². The van der Waals surface area contributed by atoms with E-state index in [1.807, 2.05) is 6.07 Å². The number of pyridine rings is 1. The van der Waals surface area contributed by atoms with E-state index >= 15 is 0 Å². The van der Waals surface area contributed by atoms with E-state index in [0.29, 0.717) is 18.1 Å². The second kappa shape index (κ2) is 7.10. The van der Waals surface area contributed by atoms with Crippen molar-refractivity contribution in [2.75, 3.05) is 39.4 Å². The lowest BCUT2D eigenvalue weighted by Crippen LogP contribution is -2.41. The van der Waals surface area contributed by atoms with Gasteiger partial charge in [0.2, 0.25) is 5.82 Å². The van der Waals surface area contributed by atoms with Gasteiger partial charge in [-0.25, -0.2) is 0 Å². The number of ether oxygens (including phenoxy) is 1. The number of aromatic nitrogens is 3. The van der Waals surface area contributed by atoms with E-state index in [2.05, 4.69) is 25.3 Å². The Bertz CT molecular complexity index is 610. The van der Waals surface area contributed by atoms with Crippen molar-refractivity contribution in [3.05, 3.63) is 30.3 Å². The fourth-order valence-electron chi connectivity index (χ4n) is 2.14. The van der Waals surface area contributed by atoms with Crippen LogP contribution in [0.3, 0.4) is 0 Å². The van der Waals surface area contributed by atoms with Crippen molar-refractivity contribution in [1.29, 1.82) is 0 Å². The number of rotatable bonds is 5. The maximum atomic E-state index is 12.0. The van der Waals surface area contributed by atoms with Gasteiger partial charge < -0.3 is 14.6 Å². The maximum absolute atomic E-state index is 12.0. The molecule has 8 nitrogen and oxygen atoms in total. The summed E-state index contributed by atoms with van der Waals surface area (Å²) >= 11 is 0. The largest absolute Gasteiger partial charge is 0.379 e. The fraction of sp³-hybridized carbons (Fsp3) is 0.429. The highest BCUT2D eigenvalue weighted by Gasteiger charge is 2.17. The molecule has 0 bridgehead atoms. The van der Waals surface area contributed by atoms with Crippen LogP contribution < -0.4 is 5.32 Å². The molecular formula is C14H17N5O3. The summed E-state index contributed by atoms with van der Waals surface area (Å²) in [5.74, 6) is -0.121. The third-order valence-electron chi connectivity index (χ3n) is 3.33. The van der Waals surface area contributed by atoms with E-state index in [9.17, 15) is 4.79 Å². The highest BCUT2D eigenvalue weighted by Crippen LogP contribution is 2.11. The summed E-state index contributed by atoms with van der Waals surface area (Å²) in [4.78, 5) is 22.4. The predicted molar refractivity (Wildman–Crippen MR) is 77.1 cm³/mol. The van der Waals surface area contributed by atoms with E-state index in [1.165, 1.54) is 0 Å². The summed E-state index contributed by atoms with van der Waals surface area (Å²) in [6.45, 7) is 4.56. The van der Waals surface area contributed by atoms with E-state index in [0.717, 1.165) is 32.8 Å². The average Bonchev–Trinajstić information content (AvgIpc) is 3.07. The molecule has 8 heteroatoms. The summed E-state index contributed by atoms with van der Waals surface area (Å²) in [7, 11) is 0. The number of carbonyl (C=O) groups is 1. The highest BCUT2D eigenvalue weighted by molar-refractivity contribution is 5.89. The zero-order valence-electron chi connectivity index (χ0n) is 12.1. The van der Waals surface area contributed by atoms with Crippen molar-refractivity contribution in [1.82, 2.24) is 25.3 Å². The number of amides is 1. The van der Waals surface area contributed by atoms with Crippen LogP contribution in [0.4, 0.5) is 0 Å². The smallest absolute Gasteiger partial charge is 0.316 e. The fourth-order valence-corrected chi connectivity index (χ4v) is 2.14. The van der Waals surface area contributed by atoms with Crippen LogP contribution in [0.15, 0.2) is 28.9 Å². The molecule has 0 radical (unpaired) electrons. The van der Waals surface area contributed by atoms with Gasteiger partial charge >= 0.3 is 11.8 Å². The van der Waals surface area contributed by atoms with Gasteiger partial charge in [-0.3, -0.25) is 14.7 Å². The lowest BCUT2D eigenvalue weighted by atomic mass is 10.3. The van der Waals surface area contributed by atoms with Crippen molar-refractivity contribution in [3.63, 3.8) is 0 Å². The molecule has 1 aliphatic rings. The third-order valence-corrected chi connectivity index (χ3v) is 3.33. The molecule has 116 valence electrons. The molecule has 0 atom stereocenters. The first-order valence-electron chi connectivity index (χ1n) is 7.16. The third kappa shape index (κ3) is 3.66. The number of hydrogen-bond donors (Lipinski definition) is 1. The summed E-state index contributed by atoms with van der Waals surface area (Å²) in [5, 5.41) is 6.54. The molecular weight excluding hydrogens is 286 g/mol. The molecule has 0 aliphatic carbocycles. The van der Waals surface area contributed by atoms with Crippen molar-refractivity contribution in [2.45, 2.75) is 0 Å². The lowest BCUT2D eigenvalue weighted by Gasteiger charge is -2.26. The molecule has 0 unspecified atom stereocenters. The van der Waals surface area contributed by atoms with E-state index in [-0.39, 0.29) is 11.8 Å². The summed E-state index contributed by atoms with van der Waals surface area (Å²) in [6, 6.07) is 5.37. The molecule has 1 saturated heterocycles.